The number of carbonyl (C=O) groups excluding carboxylic acids is 1. The van der Waals surface area contributed by atoms with E-state index in [0.29, 0.717) is 22.9 Å². The van der Waals surface area contributed by atoms with Crippen LogP contribution in [-0.4, -0.2) is 19.7 Å². The highest BCUT2D eigenvalue weighted by Crippen LogP contribution is 2.23. The van der Waals surface area contributed by atoms with Gasteiger partial charge in [0.2, 0.25) is 0 Å². The second-order valence-electron chi connectivity index (χ2n) is 3.38. The summed E-state index contributed by atoms with van der Waals surface area (Å²) in [6, 6.07) is 4.81. The van der Waals surface area contributed by atoms with Crippen molar-refractivity contribution in [1.82, 2.24) is 0 Å². The quantitative estimate of drug-likeness (QED) is 0.599. The van der Waals surface area contributed by atoms with Crippen molar-refractivity contribution in [2.75, 3.05) is 13.7 Å². The van der Waals surface area contributed by atoms with Crippen LogP contribution in [-0.2, 0) is 4.74 Å². The summed E-state index contributed by atoms with van der Waals surface area (Å²) >= 11 is 5.80. The van der Waals surface area contributed by atoms with Gasteiger partial charge >= 0.3 is 5.97 Å². The van der Waals surface area contributed by atoms with E-state index in [1.165, 1.54) is 13.2 Å². The van der Waals surface area contributed by atoms with Gasteiger partial charge in [-0.3, -0.25) is 0 Å². The first-order valence-electron chi connectivity index (χ1n) is 4.69. The number of carbonyl (C=O) groups is 1. The number of halogens is 1. The minimum absolute atomic E-state index is 0.316. The van der Waals surface area contributed by atoms with E-state index in [1.807, 2.05) is 6.92 Å². The molecule has 3 nitrogen and oxygen atoms in total. The molecule has 0 unspecified atom stereocenters. The van der Waals surface area contributed by atoms with Crippen LogP contribution in [0.1, 0.15) is 17.3 Å². The summed E-state index contributed by atoms with van der Waals surface area (Å²) in [5.74, 6) is -0.0292. The van der Waals surface area contributed by atoms with E-state index in [1.54, 1.807) is 12.1 Å². The van der Waals surface area contributed by atoms with Crippen molar-refractivity contribution in [3.63, 3.8) is 0 Å². The minimum atomic E-state index is -0.473. The molecule has 0 amide bonds. The van der Waals surface area contributed by atoms with Gasteiger partial charge in [0.15, 0.2) is 0 Å². The van der Waals surface area contributed by atoms with Crippen LogP contribution in [0, 0.1) is 0 Å². The number of methoxy groups -OCH3 is 1. The van der Waals surface area contributed by atoms with Crippen molar-refractivity contribution in [2.45, 2.75) is 6.92 Å². The van der Waals surface area contributed by atoms with Gasteiger partial charge in [-0.15, -0.1) is 0 Å². The number of hydrogen-bond acceptors (Lipinski definition) is 3. The predicted octanol–water partition coefficient (Wildman–Crippen LogP) is 3.08. The molecule has 1 rings (SSSR count). The smallest absolute Gasteiger partial charge is 0.341 e. The summed E-state index contributed by atoms with van der Waals surface area (Å²) in [7, 11) is 1.31. The van der Waals surface area contributed by atoms with E-state index >= 15 is 0 Å². The Morgan fingerprint density at radius 1 is 1.50 bits per heavy atom. The van der Waals surface area contributed by atoms with E-state index in [9.17, 15) is 4.79 Å². The Bertz CT molecular complexity index is 413. The number of rotatable bonds is 4. The molecular weight excluding hydrogens is 228 g/mol. The fourth-order valence-corrected chi connectivity index (χ4v) is 1.27. The summed E-state index contributed by atoms with van der Waals surface area (Å²) in [6.07, 6.45) is 0. The summed E-state index contributed by atoms with van der Waals surface area (Å²) in [5, 5.41) is 0.461. The third-order valence-electron chi connectivity index (χ3n) is 1.82. The van der Waals surface area contributed by atoms with Crippen LogP contribution in [0.25, 0.3) is 0 Å². The van der Waals surface area contributed by atoms with Gasteiger partial charge in [0.05, 0.1) is 7.11 Å². The van der Waals surface area contributed by atoms with Crippen molar-refractivity contribution >= 4 is 17.6 Å². The summed E-state index contributed by atoms with van der Waals surface area (Å²) in [4.78, 5) is 11.4. The molecule has 4 heteroatoms. The third-order valence-corrected chi connectivity index (χ3v) is 2.06. The van der Waals surface area contributed by atoms with Gasteiger partial charge in [-0.1, -0.05) is 18.2 Å². The average Bonchev–Trinajstić information content (AvgIpc) is 2.26. The monoisotopic (exact) mass is 240 g/mol. The molecule has 0 aliphatic rings. The second kappa shape index (κ2) is 5.56. The van der Waals surface area contributed by atoms with Gasteiger partial charge in [0, 0.05) is 5.02 Å². The topological polar surface area (TPSA) is 35.5 Å². The molecule has 16 heavy (non-hydrogen) atoms. The molecule has 1 aromatic rings. The van der Waals surface area contributed by atoms with Crippen molar-refractivity contribution < 1.29 is 14.3 Å². The molecule has 0 saturated carbocycles. The highest BCUT2D eigenvalue weighted by atomic mass is 35.5. The maximum atomic E-state index is 11.4. The van der Waals surface area contributed by atoms with Crippen LogP contribution < -0.4 is 4.74 Å². The maximum absolute atomic E-state index is 11.4. The molecule has 1 aromatic carbocycles. The number of esters is 1. The van der Waals surface area contributed by atoms with Crippen molar-refractivity contribution in [2.24, 2.45) is 0 Å². The Morgan fingerprint density at radius 3 is 2.75 bits per heavy atom. The predicted molar refractivity (Wildman–Crippen MR) is 63.1 cm³/mol. The molecule has 0 fully saturated rings. The van der Waals surface area contributed by atoms with Crippen LogP contribution in [0.15, 0.2) is 30.4 Å². The van der Waals surface area contributed by atoms with Crippen LogP contribution in [0.2, 0.25) is 5.02 Å². The van der Waals surface area contributed by atoms with Crippen molar-refractivity contribution in [3.8, 4) is 5.75 Å². The lowest BCUT2D eigenvalue weighted by atomic mass is 10.2. The highest BCUT2D eigenvalue weighted by molar-refractivity contribution is 6.31. The molecule has 0 N–H and O–H groups in total. The van der Waals surface area contributed by atoms with E-state index < -0.39 is 5.97 Å². The largest absolute Gasteiger partial charge is 0.488 e. The molecule has 86 valence electrons. The average molecular weight is 241 g/mol. The molecule has 0 aliphatic heterocycles. The first-order chi connectivity index (χ1) is 7.54. The van der Waals surface area contributed by atoms with Crippen LogP contribution in [0.4, 0.5) is 0 Å². The Hall–Kier alpha value is -1.48. The van der Waals surface area contributed by atoms with Gasteiger partial charge in [-0.05, 0) is 30.7 Å². The lowest BCUT2D eigenvalue weighted by Gasteiger charge is -2.10. The normalized spacial score (nSPS) is 9.69. The number of hydrogen-bond donors (Lipinski definition) is 0. The molecular formula is C12H13ClO3. The molecule has 0 atom stereocenters. The fraction of sp³-hybridized carbons (Fsp3) is 0.250. The number of benzene rings is 1. The maximum Gasteiger partial charge on any atom is 0.341 e. The lowest BCUT2D eigenvalue weighted by molar-refractivity contribution is 0.0596. The van der Waals surface area contributed by atoms with Crippen LogP contribution >= 0.6 is 11.6 Å². The molecule has 0 aliphatic carbocycles. The minimum Gasteiger partial charge on any atom is -0.488 e. The van der Waals surface area contributed by atoms with E-state index in [-0.39, 0.29) is 0 Å². The first kappa shape index (κ1) is 12.6. The Balaban J connectivity index is 2.98. The molecule has 0 saturated heterocycles. The zero-order valence-corrected chi connectivity index (χ0v) is 10.0. The Labute approximate surface area is 99.6 Å². The van der Waals surface area contributed by atoms with E-state index in [4.69, 9.17) is 16.3 Å². The molecule has 0 spiro atoms. The molecule has 0 heterocycles. The molecule has 0 radical (unpaired) electrons. The van der Waals surface area contributed by atoms with Gasteiger partial charge < -0.3 is 9.47 Å². The van der Waals surface area contributed by atoms with E-state index in [2.05, 4.69) is 11.3 Å². The Kier molecular flexibility index (Phi) is 4.38. The van der Waals surface area contributed by atoms with Crippen molar-refractivity contribution in [3.05, 3.63) is 40.9 Å². The van der Waals surface area contributed by atoms with Crippen LogP contribution in [0.5, 0.6) is 5.75 Å². The first-order valence-corrected chi connectivity index (χ1v) is 5.07. The second-order valence-corrected chi connectivity index (χ2v) is 3.81. The molecule has 0 bridgehead atoms. The SMILES string of the molecule is C=C(C)COc1ccc(Cl)cc1C(=O)OC. The number of ether oxygens (including phenoxy) is 2. The van der Waals surface area contributed by atoms with Gasteiger partial charge in [0.25, 0.3) is 0 Å². The zero-order valence-electron chi connectivity index (χ0n) is 9.25. The van der Waals surface area contributed by atoms with E-state index in [0.717, 1.165) is 5.57 Å². The van der Waals surface area contributed by atoms with Crippen molar-refractivity contribution in [1.29, 1.82) is 0 Å². The fourth-order valence-electron chi connectivity index (χ4n) is 1.10. The summed E-state index contributed by atoms with van der Waals surface area (Å²) < 4.78 is 10.1. The van der Waals surface area contributed by atoms with Crippen LogP contribution in [0.3, 0.4) is 0 Å². The third kappa shape index (κ3) is 3.28. The summed E-state index contributed by atoms with van der Waals surface area (Å²) in [6.45, 7) is 5.91. The lowest BCUT2D eigenvalue weighted by Crippen LogP contribution is -2.07. The van der Waals surface area contributed by atoms with Gasteiger partial charge in [0.1, 0.15) is 17.9 Å². The van der Waals surface area contributed by atoms with Gasteiger partial charge in [-0.2, -0.15) is 0 Å². The molecule has 0 aromatic heterocycles. The standard InChI is InChI=1S/C12H13ClO3/c1-8(2)7-16-11-5-4-9(13)6-10(11)12(14)15-3/h4-6H,1,7H2,2-3H3. The Morgan fingerprint density at radius 2 is 2.19 bits per heavy atom. The highest BCUT2D eigenvalue weighted by Gasteiger charge is 2.13. The van der Waals surface area contributed by atoms with Gasteiger partial charge in [-0.25, -0.2) is 4.79 Å². The zero-order chi connectivity index (χ0) is 12.1. The summed E-state index contributed by atoms with van der Waals surface area (Å²) in [5.41, 5.74) is 1.18.